The zero-order valence-corrected chi connectivity index (χ0v) is 9.66. The summed E-state index contributed by atoms with van der Waals surface area (Å²) >= 11 is 0. The Hall–Kier alpha value is -0.650. The van der Waals surface area contributed by atoms with E-state index in [0.29, 0.717) is 26.2 Å². The van der Waals surface area contributed by atoms with Crippen LogP contribution < -0.4 is 5.32 Å². The van der Waals surface area contributed by atoms with Gasteiger partial charge in [-0.15, -0.1) is 0 Å². The van der Waals surface area contributed by atoms with E-state index in [4.69, 9.17) is 14.6 Å². The normalized spacial score (nSPS) is 13.1. The lowest BCUT2D eigenvalue weighted by atomic mass is 10.2. The number of carbonyl (C=O) groups is 1. The second-order valence-corrected chi connectivity index (χ2v) is 3.61. The molecule has 0 aliphatic rings. The van der Waals surface area contributed by atoms with E-state index < -0.39 is 12.0 Å². The molecule has 0 saturated carbocycles. The maximum absolute atomic E-state index is 10.8. The van der Waals surface area contributed by atoms with Gasteiger partial charge in [0.25, 0.3) is 0 Å². The van der Waals surface area contributed by atoms with Crippen LogP contribution in [0.1, 0.15) is 20.3 Å². The van der Waals surface area contributed by atoms with Gasteiger partial charge in [0.1, 0.15) is 6.04 Å². The first-order valence-corrected chi connectivity index (χ1v) is 5.13. The molecule has 0 heterocycles. The minimum absolute atomic E-state index is 0.157. The Balaban J connectivity index is 3.62. The fraction of sp³-hybridized carbons (Fsp3) is 0.900. The number of ether oxygens (including phenoxy) is 2. The molecule has 0 amide bonds. The summed E-state index contributed by atoms with van der Waals surface area (Å²) in [7, 11) is 1.60. The van der Waals surface area contributed by atoms with E-state index >= 15 is 0 Å². The van der Waals surface area contributed by atoms with Crippen molar-refractivity contribution in [1.29, 1.82) is 0 Å². The molecule has 0 rings (SSSR count). The lowest BCUT2D eigenvalue weighted by Crippen LogP contribution is -2.41. The SMILES string of the molecule is COCCOCCC(NC(C)C)C(=O)O. The van der Waals surface area contributed by atoms with Crippen LogP contribution >= 0.6 is 0 Å². The molecule has 0 aliphatic carbocycles. The number of rotatable bonds is 9. The minimum Gasteiger partial charge on any atom is -0.480 e. The van der Waals surface area contributed by atoms with Crippen LogP contribution in [0.25, 0.3) is 0 Å². The van der Waals surface area contributed by atoms with Crippen molar-refractivity contribution >= 4 is 5.97 Å². The van der Waals surface area contributed by atoms with Crippen LogP contribution in [-0.4, -0.2) is 50.1 Å². The second-order valence-electron chi connectivity index (χ2n) is 3.61. The molecule has 0 aromatic carbocycles. The summed E-state index contributed by atoms with van der Waals surface area (Å²) in [6, 6.07) is -0.377. The van der Waals surface area contributed by atoms with Gasteiger partial charge in [-0.2, -0.15) is 0 Å². The molecule has 0 aliphatic heterocycles. The summed E-state index contributed by atoms with van der Waals surface area (Å²) < 4.78 is 10.0. The molecule has 0 aromatic heterocycles. The predicted molar refractivity (Wildman–Crippen MR) is 57.0 cm³/mol. The average molecular weight is 219 g/mol. The smallest absolute Gasteiger partial charge is 0.320 e. The number of hydrogen-bond acceptors (Lipinski definition) is 4. The topological polar surface area (TPSA) is 67.8 Å². The summed E-state index contributed by atoms with van der Waals surface area (Å²) in [6.45, 7) is 5.31. The first kappa shape index (κ1) is 14.3. The zero-order chi connectivity index (χ0) is 11.7. The molecule has 5 nitrogen and oxygen atoms in total. The monoisotopic (exact) mass is 219 g/mol. The summed E-state index contributed by atoms with van der Waals surface area (Å²) in [5, 5.41) is 11.8. The Kier molecular flexibility index (Phi) is 8.27. The van der Waals surface area contributed by atoms with Gasteiger partial charge in [-0.1, -0.05) is 13.8 Å². The van der Waals surface area contributed by atoms with E-state index in [1.807, 2.05) is 13.8 Å². The molecular formula is C10H21NO4. The van der Waals surface area contributed by atoms with Crippen LogP contribution in [0, 0.1) is 0 Å². The number of carboxylic acids is 1. The van der Waals surface area contributed by atoms with Crippen molar-refractivity contribution in [3.63, 3.8) is 0 Å². The Morgan fingerprint density at radius 3 is 2.47 bits per heavy atom. The maximum Gasteiger partial charge on any atom is 0.320 e. The lowest BCUT2D eigenvalue weighted by Gasteiger charge is -2.16. The van der Waals surface area contributed by atoms with Gasteiger partial charge in [0.05, 0.1) is 13.2 Å². The fourth-order valence-electron chi connectivity index (χ4n) is 1.13. The van der Waals surface area contributed by atoms with Crippen LogP contribution in [0.3, 0.4) is 0 Å². The Bertz CT molecular complexity index is 173. The number of nitrogens with one attached hydrogen (secondary N) is 1. The highest BCUT2D eigenvalue weighted by atomic mass is 16.5. The van der Waals surface area contributed by atoms with Gasteiger partial charge >= 0.3 is 5.97 Å². The first-order chi connectivity index (χ1) is 7.07. The largest absolute Gasteiger partial charge is 0.480 e. The van der Waals surface area contributed by atoms with Crippen LogP contribution in [0.4, 0.5) is 0 Å². The molecule has 0 fully saturated rings. The molecule has 0 saturated heterocycles. The summed E-state index contributed by atoms with van der Waals surface area (Å²) in [5.74, 6) is -0.834. The standard InChI is InChI=1S/C10H21NO4/c1-8(2)11-9(10(12)13)4-5-15-7-6-14-3/h8-9,11H,4-7H2,1-3H3,(H,12,13). The molecule has 0 spiro atoms. The van der Waals surface area contributed by atoms with Crippen molar-refractivity contribution in [1.82, 2.24) is 5.32 Å². The van der Waals surface area contributed by atoms with Gasteiger partial charge in [-0.3, -0.25) is 4.79 Å². The highest BCUT2D eigenvalue weighted by Crippen LogP contribution is 1.96. The Labute approximate surface area is 90.8 Å². The predicted octanol–water partition coefficient (Wildman–Crippen LogP) is 0.491. The molecular weight excluding hydrogens is 198 g/mol. The maximum atomic E-state index is 10.8. The third-order valence-corrected chi connectivity index (χ3v) is 1.82. The fourth-order valence-corrected chi connectivity index (χ4v) is 1.13. The quantitative estimate of drug-likeness (QED) is 0.552. The van der Waals surface area contributed by atoms with E-state index in [9.17, 15) is 4.79 Å². The van der Waals surface area contributed by atoms with E-state index in [1.54, 1.807) is 7.11 Å². The van der Waals surface area contributed by atoms with Gasteiger partial charge in [-0.25, -0.2) is 0 Å². The van der Waals surface area contributed by atoms with E-state index in [0.717, 1.165) is 0 Å². The van der Waals surface area contributed by atoms with Gasteiger partial charge in [0.2, 0.25) is 0 Å². The average Bonchev–Trinajstić information content (AvgIpc) is 2.15. The van der Waals surface area contributed by atoms with Crippen molar-refractivity contribution in [2.75, 3.05) is 26.9 Å². The van der Waals surface area contributed by atoms with Gasteiger partial charge < -0.3 is 19.9 Å². The lowest BCUT2D eigenvalue weighted by molar-refractivity contribution is -0.140. The third-order valence-electron chi connectivity index (χ3n) is 1.82. The van der Waals surface area contributed by atoms with Crippen molar-refractivity contribution in [2.45, 2.75) is 32.4 Å². The second kappa shape index (κ2) is 8.64. The third kappa shape index (κ3) is 8.35. The van der Waals surface area contributed by atoms with Crippen LogP contribution in [-0.2, 0) is 14.3 Å². The molecule has 90 valence electrons. The first-order valence-electron chi connectivity index (χ1n) is 5.13. The number of hydrogen-bond donors (Lipinski definition) is 2. The van der Waals surface area contributed by atoms with Gasteiger partial charge in [-0.05, 0) is 6.42 Å². The number of aliphatic carboxylic acids is 1. The van der Waals surface area contributed by atoms with Gasteiger partial charge in [0, 0.05) is 19.8 Å². The van der Waals surface area contributed by atoms with Crippen molar-refractivity contribution < 1.29 is 19.4 Å². The summed E-state index contributed by atoms with van der Waals surface area (Å²) in [6.07, 6.45) is 0.469. The van der Waals surface area contributed by atoms with Crippen LogP contribution in [0.15, 0.2) is 0 Å². The van der Waals surface area contributed by atoms with Crippen LogP contribution in [0.2, 0.25) is 0 Å². The highest BCUT2D eigenvalue weighted by molar-refractivity contribution is 5.73. The van der Waals surface area contributed by atoms with Crippen LogP contribution in [0.5, 0.6) is 0 Å². The summed E-state index contributed by atoms with van der Waals surface area (Å²) in [5.41, 5.74) is 0. The molecule has 15 heavy (non-hydrogen) atoms. The van der Waals surface area contributed by atoms with Crippen molar-refractivity contribution in [2.24, 2.45) is 0 Å². The van der Waals surface area contributed by atoms with E-state index in [-0.39, 0.29) is 6.04 Å². The zero-order valence-electron chi connectivity index (χ0n) is 9.66. The molecule has 0 aromatic rings. The van der Waals surface area contributed by atoms with Crippen molar-refractivity contribution in [3.8, 4) is 0 Å². The highest BCUT2D eigenvalue weighted by Gasteiger charge is 2.17. The molecule has 2 N–H and O–H groups in total. The molecule has 5 heteroatoms. The molecule has 0 radical (unpaired) electrons. The van der Waals surface area contributed by atoms with Crippen molar-refractivity contribution in [3.05, 3.63) is 0 Å². The minimum atomic E-state index is -0.834. The summed E-state index contributed by atoms with van der Waals surface area (Å²) in [4.78, 5) is 10.8. The molecule has 0 bridgehead atoms. The molecule has 1 atom stereocenters. The molecule has 1 unspecified atom stereocenters. The van der Waals surface area contributed by atoms with E-state index in [2.05, 4.69) is 5.32 Å². The van der Waals surface area contributed by atoms with Gasteiger partial charge in [0.15, 0.2) is 0 Å². The van der Waals surface area contributed by atoms with E-state index in [1.165, 1.54) is 0 Å². The number of carboxylic acid groups (broad SMARTS) is 1. The Morgan fingerprint density at radius 1 is 1.33 bits per heavy atom. The Morgan fingerprint density at radius 2 is 2.00 bits per heavy atom. The number of methoxy groups -OCH3 is 1.